The molecule has 0 saturated carbocycles. The minimum Gasteiger partial charge on any atom is -0.312 e. The molecule has 1 aromatic heterocycles. The summed E-state index contributed by atoms with van der Waals surface area (Å²) in [6.07, 6.45) is 1.90. The molecule has 20 heavy (non-hydrogen) atoms. The average Bonchev–Trinajstić information content (AvgIpc) is 2.71. The highest BCUT2D eigenvalue weighted by molar-refractivity contribution is 9.10. The van der Waals surface area contributed by atoms with Crippen molar-refractivity contribution in [1.29, 1.82) is 0 Å². The molecular weight excluding hydrogens is 314 g/mol. The smallest absolute Gasteiger partial charge is 0.0997 e. The van der Waals surface area contributed by atoms with Gasteiger partial charge in [-0.3, -0.25) is 0 Å². The lowest BCUT2D eigenvalue weighted by Gasteiger charge is -2.14. The molecular formula is C16H22BrN3. The Kier molecular flexibility index (Phi) is 5.00. The van der Waals surface area contributed by atoms with Gasteiger partial charge in [0, 0.05) is 16.7 Å². The molecule has 0 saturated heterocycles. The van der Waals surface area contributed by atoms with Crippen LogP contribution >= 0.6 is 15.9 Å². The zero-order chi connectivity index (χ0) is 14.7. The topological polar surface area (TPSA) is 29.9 Å². The van der Waals surface area contributed by atoms with Crippen LogP contribution in [0.5, 0.6) is 0 Å². The normalized spacial score (nSPS) is 11.3. The molecule has 0 bridgehead atoms. The van der Waals surface area contributed by atoms with Gasteiger partial charge in [-0.1, -0.05) is 35.8 Å². The Morgan fingerprint density at radius 1 is 1.30 bits per heavy atom. The summed E-state index contributed by atoms with van der Waals surface area (Å²) in [5, 5.41) is 3.51. The van der Waals surface area contributed by atoms with Crippen LogP contribution in [-0.2, 0) is 6.54 Å². The molecule has 0 fully saturated rings. The molecule has 0 spiro atoms. The molecule has 1 aromatic carbocycles. The van der Waals surface area contributed by atoms with E-state index in [1.165, 1.54) is 16.9 Å². The van der Waals surface area contributed by atoms with E-state index in [4.69, 9.17) is 0 Å². The van der Waals surface area contributed by atoms with Crippen LogP contribution in [0.3, 0.4) is 0 Å². The minimum absolute atomic E-state index is 0.658. The van der Waals surface area contributed by atoms with Crippen molar-refractivity contribution in [2.75, 3.05) is 6.54 Å². The van der Waals surface area contributed by atoms with Gasteiger partial charge in [-0.05, 0) is 44.0 Å². The van der Waals surface area contributed by atoms with E-state index in [-0.39, 0.29) is 0 Å². The fourth-order valence-electron chi connectivity index (χ4n) is 2.15. The van der Waals surface area contributed by atoms with Crippen LogP contribution in [0.4, 0.5) is 0 Å². The molecule has 0 aliphatic heterocycles. The maximum absolute atomic E-state index is 4.40. The van der Waals surface area contributed by atoms with E-state index in [0.29, 0.717) is 5.92 Å². The lowest BCUT2D eigenvalue weighted by Crippen LogP contribution is -2.20. The third-order valence-electron chi connectivity index (χ3n) is 3.43. The van der Waals surface area contributed by atoms with E-state index in [1.54, 1.807) is 0 Å². The third kappa shape index (κ3) is 3.49. The maximum Gasteiger partial charge on any atom is 0.0997 e. The first-order valence-corrected chi connectivity index (χ1v) is 7.78. The second kappa shape index (κ2) is 6.55. The van der Waals surface area contributed by atoms with Crippen molar-refractivity contribution < 1.29 is 0 Å². The molecule has 0 radical (unpaired) electrons. The monoisotopic (exact) mass is 335 g/mol. The Labute approximate surface area is 129 Å². The van der Waals surface area contributed by atoms with Gasteiger partial charge in [0.25, 0.3) is 0 Å². The molecule has 3 nitrogen and oxygen atoms in total. The predicted octanol–water partition coefficient (Wildman–Crippen LogP) is 4.00. The Bertz CT molecular complexity index is 587. The Morgan fingerprint density at radius 2 is 2.05 bits per heavy atom. The molecule has 1 N–H and O–H groups in total. The van der Waals surface area contributed by atoms with E-state index in [1.807, 2.05) is 13.3 Å². The number of halogens is 1. The second-order valence-corrected chi connectivity index (χ2v) is 6.50. The SMILES string of the molecule is Cc1ncn(-c2cc(Br)ccc2CNCC(C)C)c1C. The van der Waals surface area contributed by atoms with Crippen molar-refractivity contribution in [2.24, 2.45) is 5.92 Å². The maximum atomic E-state index is 4.40. The van der Waals surface area contributed by atoms with Crippen LogP contribution < -0.4 is 5.32 Å². The number of nitrogens with one attached hydrogen (secondary N) is 1. The fraction of sp³-hybridized carbons (Fsp3) is 0.438. The second-order valence-electron chi connectivity index (χ2n) is 5.58. The zero-order valence-corrected chi connectivity index (χ0v) is 14.2. The van der Waals surface area contributed by atoms with Gasteiger partial charge in [0.05, 0.1) is 17.7 Å². The predicted molar refractivity (Wildman–Crippen MR) is 87.3 cm³/mol. The van der Waals surface area contributed by atoms with Crippen molar-refractivity contribution in [3.05, 3.63) is 46.0 Å². The van der Waals surface area contributed by atoms with E-state index in [9.17, 15) is 0 Å². The molecule has 1 heterocycles. The minimum atomic E-state index is 0.658. The number of aryl methyl sites for hydroxylation is 1. The summed E-state index contributed by atoms with van der Waals surface area (Å²) >= 11 is 3.56. The number of hydrogen-bond acceptors (Lipinski definition) is 2. The summed E-state index contributed by atoms with van der Waals surface area (Å²) in [4.78, 5) is 4.40. The lowest BCUT2D eigenvalue weighted by molar-refractivity contribution is 0.551. The summed E-state index contributed by atoms with van der Waals surface area (Å²) in [6, 6.07) is 6.41. The third-order valence-corrected chi connectivity index (χ3v) is 3.92. The first-order valence-electron chi connectivity index (χ1n) is 6.99. The largest absolute Gasteiger partial charge is 0.312 e. The molecule has 108 valence electrons. The number of imidazole rings is 1. The number of aromatic nitrogens is 2. The van der Waals surface area contributed by atoms with E-state index < -0.39 is 0 Å². The summed E-state index contributed by atoms with van der Waals surface area (Å²) in [5.74, 6) is 0.658. The highest BCUT2D eigenvalue weighted by atomic mass is 79.9. The van der Waals surface area contributed by atoms with Crippen LogP contribution in [0.25, 0.3) is 5.69 Å². The standard InChI is InChI=1S/C16H22BrN3/c1-11(2)8-18-9-14-5-6-15(17)7-16(14)20-10-19-12(3)13(20)4/h5-7,10-11,18H,8-9H2,1-4H3. The first kappa shape index (κ1) is 15.3. The van der Waals surface area contributed by atoms with Crippen molar-refractivity contribution in [3.8, 4) is 5.69 Å². The van der Waals surface area contributed by atoms with Crippen LogP contribution in [-0.4, -0.2) is 16.1 Å². The van der Waals surface area contributed by atoms with E-state index >= 15 is 0 Å². The average molecular weight is 336 g/mol. The van der Waals surface area contributed by atoms with Gasteiger partial charge in [-0.2, -0.15) is 0 Å². The molecule has 0 aliphatic carbocycles. The van der Waals surface area contributed by atoms with Crippen molar-refractivity contribution in [1.82, 2.24) is 14.9 Å². The summed E-state index contributed by atoms with van der Waals surface area (Å²) < 4.78 is 3.25. The van der Waals surface area contributed by atoms with E-state index in [2.05, 4.69) is 69.8 Å². The van der Waals surface area contributed by atoms with Gasteiger partial charge < -0.3 is 9.88 Å². The lowest BCUT2D eigenvalue weighted by atomic mass is 10.1. The van der Waals surface area contributed by atoms with Gasteiger partial charge >= 0.3 is 0 Å². The van der Waals surface area contributed by atoms with Gasteiger partial charge in [0.2, 0.25) is 0 Å². The molecule has 0 amide bonds. The summed E-state index contributed by atoms with van der Waals surface area (Å²) in [5.41, 5.74) is 4.74. The Morgan fingerprint density at radius 3 is 2.65 bits per heavy atom. The Hall–Kier alpha value is -1.13. The van der Waals surface area contributed by atoms with Crippen molar-refractivity contribution in [3.63, 3.8) is 0 Å². The van der Waals surface area contributed by atoms with Gasteiger partial charge in [0.15, 0.2) is 0 Å². The fourth-order valence-corrected chi connectivity index (χ4v) is 2.50. The number of benzene rings is 1. The van der Waals surface area contributed by atoms with Crippen LogP contribution in [0, 0.1) is 19.8 Å². The summed E-state index contributed by atoms with van der Waals surface area (Å²) in [6.45, 7) is 10.5. The highest BCUT2D eigenvalue weighted by Gasteiger charge is 2.10. The molecule has 0 unspecified atom stereocenters. The zero-order valence-electron chi connectivity index (χ0n) is 12.6. The van der Waals surface area contributed by atoms with Crippen LogP contribution in [0.1, 0.15) is 30.8 Å². The molecule has 4 heteroatoms. The van der Waals surface area contributed by atoms with Crippen molar-refractivity contribution in [2.45, 2.75) is 34.2 Å². The highest BCUT2D eigenvalue weighted by Crippen LogP contribution is 2.22. The first-order chi connectivity index (χ1) is 9.49. The van der Waals surface area contributed by atoms with E-state index in [0.717, 1.165) is 23.3 Å². The van der Waals surface area contributed by atoms with Gasteiger partial charge in [-0.25, -0.2) is 4.98 Å². The molecule has 0 aliphatic rings. The molecule has 2 rings (SSSR count). The van der Waals surface area contributed by atoms with Crippen molar-refractivity contribution >= 4 is 15.9 Å². The van der Waals surface area contributed by atoms with Crippen LogP contribution in [0.15, 0.2) is 29.0 Å². The van der Waals surface area contributed by atoms with Gasteiger partial charge in [0.1, 0.15) is 0 Å². The molecule has 2 aromatic rings. The number of rotatable bonds is 5. The van der Waals surface area contributed by atoms with Crippen LogP contribution in [0.2, 0.25) is 0 Å². The summed E-state index contributed by atoms with van der Waals surface area (Å²) in [7, 11) is 0. The van der Waals surface area contributed by atoms with Gasteiger partial charge in [-0.15, -0.1) is 0 Å². The number of nitrogens with zero attached hydrogens (tertiary/aromatic N) is 2. The number of hydrogen-bond donors (Lipinski definition) is 1. The molecule has 0 atom stereocenters. The quantitative estimate of drug-likeness (QED) is 0.894. The Balaban J connectivity index is 2.31.